The predicted molar refractivity (Wildman–Crippen MR) is 172 cm³/mol. The Morgan fingerprint density at radius 3 is 2.48 bits per heavy atom. The van der Waals surface area contributed by atoms with Crippen LogP contribution in [0.2, 0.25) is 0 Å². The van der Waals surface area contributed by atoms with Gasteiger partial charge in [0.2, 0.25) is 11.0 Å². The number of benzene rings is 2. The molecule has 48 heavy (non-hydrogen) atoms. The van der Waals surface area contributed by atoms with Crippen LogP contribution in [0, 0.1) is 0 Å². The number of hydrogen-bond acceptors (Lipinski definition) is 11. The number of anilines is 2. The molecule has 2 unspecified atom stereocenters. The number of alkyl carbamates (subject to hydrolysis) is 1. The highest BCUT2D eigenvalue weighted by atomic mass is 32.1. The van der Waals surface area contributed by atoms with E-state index in [1.54, 1.807) is 13.0 Å². The molecule has 0 saturated carbocycles. The Kier molecular flexibility index (Phi) is 13.0. The second kappa shape index (κ2) is 17.4. The zero-order valence-corrected chi connectivity index (χ0v) is 27.1. The Morgan fingerprint density at radius 2 is 1.73 bits per heavy atom. The fourth-order valence-corrected chi connectivity index (χ4v) is 5.39. The Morgan fingerprint density at radius 1 is 0.958 bits per heavy atom. The van der Waals surface area contributed by atoms with Crippen LogP contribution in [0.5, 0.6) is 5.75 Å². The van der Waals surface area contributed by atoms with E-state index in [1.807, 2.05) is 37.3 Å². The number of carbonyl (C=O) groups excluding carboxylic acids is 2. The number of aryl methyl sites for hydroxylation is 2. The van der Waals surface area contributed by atoms with E-state index in [0.717, 1.165) is 46.8 Å². The summed E-state index contributed by atoms with van der Waals surface area (Å²) in [5, 5.41) is 36.3. The van der Waals surface area contributed by atoms with E-state index in [4.69, 9.17) is 4.74 Å². The van der Waals surface area contributed by atoms with Gasteiger partial charge in [0.15, 0.2) is 5.82 Å². The number of unbranched alkanes of at least 4 members (excludes halogenated alkanes) is 1. The number of carbonyl (C=O) groups is 2. The van der Waals surface area contributed by atoms with Gasteiger partial charge >= 0.3 is 12.5 Å². The summed E-state index contributed by atoms with van der Waals surface area (Å²) in [5.74, 6) is -0.397. The molecule has 0 fully saturated rings. The number of aliphatic hydroxyl groups is 1. The van der Waals surface area contributed by atoms with Crippen molar-refractivity contribution >= 4 is 34.3 Å². The molecule has 2 heterocycles. The number of hydrogen-bond donors (Lipinski definition) is 4. The minimum absolute atomic E-state index is 0.150. The molecule has 0 spiro atoms. The molecule has 0 aliphatic rings. The Bertz CT molecular complexity index is 1640. The van der Waals surface area contributed by atoms with E-state index >= 15 is 0 Å². The average molecular weight is 688 g/mol. The zero-order chi connectivity index (χ0) is 34.5. The van der Waals surface area contributed by atoms with Gasteiger partial charge in [-0.15, -0.1) is 28.5 Å². The minimum Gasteiger partial charge on any atom is -0.442 e. The molecule has 0 aliphatic heterocycles. The van der Waals surface area contributed by atoms with Gasteiger partial charge in [-0.2, -0.15) is 5.10 Å². The summed E-state index contributed by atoms with van der Waals surface area (Å²) < 4.78 is 46.6. The Balaban J connectivity index is 1.15. The number of nitrogens with one attached hydrogen (secondary N) is 3. The normalized spacial score (nSPS) is 12.5. The molecule has 256 valence electrons. The molecule has 2 aromatic carbocycles. The third-order valence-corrected chi connectivity index (χ3v) is 7.67. The van der Waals surface area contributed by atoms with Crippen molar-refractivity contribution in [1.29, 1.82) is 0 Å². The summed E-state index contributed by atoms with van der Waals surface area (Å²) in [4.78, 5) is 24.1. The molecule has 4 aromatic rings. The molecule has 2 atom stereocenters. The lowest BCUT2D eigenvalue weighted by molar-refractivity contribution is -0.274. The largest absolute Gasteiger partial charge is 0.573 e. The second-order valence-corrected chi connectivity index (χ2v) is 11.8. The monoisotopic (exact) mass is 687 g/mol. The summed E-state index contributed by atoms with van der Waals surface area (Å²) in [7, 11) is 0. The van der Waals surface area contributed by atoms with Crippen LogP contribution in [0.25, 0.3) is 0 Å². The van der Waals surface area contributed by atoms with Crippen LogP contribution < -0.4 is 20.7 Å². The Labute approximate surface area is 279 Å². The third-order valence-electron chi connectivity index (χ3n) is 6.77. The van der Waals surface area contributed by atoms with E-state index < -0.39 is 36.4 Å². The van der Waals surface area contributed by atoms with Crippen LogP contribution in [0.4, 0.5) is 28.9 Å². The zero-order valence-electron chi connectivity index (χ0n) is 26.3. The van der Waals surface area contributed by atoms with Crippen LogP contribution >= 0.6 is 11.3 Å². The van der Waals surface area contributed by atoms with Crippen molar-refractivity contribution < 1.29 is 37.3 Å². The van der Waals surface area contributed by atoms with Gasteiger partial charge in [-0.3, -0.25) is 4.79 Å². The lowest BCUT2D eigenvalue weighted by atomic mass is 10.0. The van der Waals surface area contributed by atoms with Gasteiger partial charge in [0.1, 0.15) is 23.1 Å². The standard InChI is InChI=1S/C32H36F3N7O5S/c1-3-36-31(45)46-20(2)23-10-6-8-21(16-23)18-27(43)37-26-15-14-24(39-40-26)11-4-5-13-29-41-42-30(48-29)38-28(44)19-22-9-7-12-25(17-22)47-32(33,34)35/h6-10,12,14-17,20,27,43H,3-5,11,13,18-19H2,1-2H3,(H,36,45)(H,37,40)(H,38,42,44). The molecule has 2 aromatic heterocycles. The van der Waals surface area contributed by atoms with E-state index in [0.29, 0.717) is 42.3 Å². The second-order valence-electron chi connectivity index (χ2n) is 10.7. The number of alkyl halides is 3. The summed E-state index contributed by atoms with van der Waals surface area (Å²) in [6, 6.07) is 16.3. The molecular weight excluding hydrogens is 651 g/mol. The van der Waals surface area contributed by atoms with Crippen LogP contribution in [-0.4, -0.2) is 56.6 Å². The molecule has 4 rings (SSSR count). The van der Waals surface area contributed by atoms with Gasteiger partial charge < -0.3 is 30.5 Å². The van der Waals surface area contributed by atoms with Crippen molar-refractivity contribution in [1.82, 2.24) is 25.7 Å². The summed E-state index contributed by atoms with van der Waals surface area (Å²) in [6.07, 6.45) is -3.58. The topological polar surface area (TPSA) is 160 Å². The summed E-state index contributed by atoms with van der Waals surface area (Å²) in [6.45, 7) is 4.07. The molecule has 12 nitrogen and oxygen atoms in total. The van der Waals surface area contributed by atoms with Crippen molar-refractivity contribution in [3.05, 3.63) is 88.1 Å². The number of halogens is 3. The van der Waals surface area contributed by atoms with Gasteiger partial charge in [-0.05, 0) is 74.1 Å². The molecular formula is C32H36F3N7O5S. The SMILES string of the molecule is CCNC(=O)OC(C)c1cccc(CC(O)Nc2ccc(CCCCc3nnc(NC(=O)Cc4cccc(OC(F)(F)F)c4)s3)nn2)c1. The summed E-state index contributed by atoms with van der Waals surface area (Å²) >= 11 is 1.23. The van der Waals surface area contributed by atoms with Crippen molar-refractivity contribution in [2.45, 2.75) is 71.1 Å². The maximum absolute atomic E-state index is 12.5. The van der Waals surface area contributed by atoms with Gasteiger partial charge in [0.05, 0.1) is 12.1 Å². The van der Waals surface area contributed by atoms with Crippen molar-refractivity contribution in [3.8, 4) is 5.75 Å². The predicted octanol–water partition coefficient (Wildman–Crippen LogP) is 5.75. The lowest BCUT2D eigenvalue weighted by Gasteiger charge is -2.17. The first-order valence-corrected chi connectivity index (χ1v) is 16.0. The van der Waals surface area contributed by atoms with Crippen LogP contribution in [0.3, 0.4) is 0 Å². The first-order valence-electron chi connectivity index (χ1n) is 15.2. The highest BCUT2D eigenvalue weighted by molar-refractivity contribution is 7.15. The van der Waals surface area contributed by atoms with Gasteiger partial charge in [-0.25, -0.2) is 4.79 Å². The van der Waals surface area contributed by atoms with E-state index in [-0.39, 0.29) is 6.42 Å². The number of nitrogens with zero attached hydrogens (tertiary/aromatic N) is 4. The smallest absolute Gasteiger partial charge is 0.442 e. The van der Waals surface area contributed by atoms with E-state index in [2.05, 4.69) is 41.1 Å². The van der Waals surface area contributed by atoms with Crippen molar-refractivity contribution in [3.63, 3.8) is 0 Å². The van der Waals surface area contributed by atoms with Gasteiger partial charge in [0, 0.05) is 19.4 Å². The third kappa shape index (κ3) is 12.4. The highest BCUT2D eigenvalue weighted by Crippen LogP contribution is 2.24. The lowest BCUT2D eigenvalue weighted by Crippen LogP contribution is -2.25. The number of rotatable bonds is 16. The quantitative estimate of drug-likeness (QED) is 0.0843. The number of ether oxygens (including phenoxy) is 2. The number of aromatic nitrogens is 4. The molecule has 16 heteroatoms. The van der Waals surface area contributed by atoms with E-state index in [1.165, 1.54) is 23.5 Å². The molecule has 0 radical (unpaired) electrons. The maximum Gasteiger partial charge on any atom is 0.573 e. The van der Waals surface area contributed by atoms with Crippen molar-refractivity contribution in [2.24, 2.45) is 0 Å². The van der Waals surface area contributed by atoms with Crippen LogP contribution in [0.1, 0.15) is 60.2 Å². The van der Waals surface area contributed by atoms with Gasteiger partial charge in [0.25, 0.3) is 0 Å². The fraction of sp³-hybridized carbons (Fsp3) is 0.375. The van der Waals surface area contributed by atoms with Gasteiger partial charge in [-0.1, -0.05) is 47.7 Å². The van der Waals surface area contributed by atoms with Crippen molar-refractivity contribution in [2.75, 3.05) is 17.2 Å². The highest BCUT2D eigenvalue weighted by Gasteiger charge is 2.31. The number of amides is 2. The maximum atomic E-state index is 12.5. The Hall–Kier alpha value is -4.83. The molecule has 4 N–H and O–H groups in total. The molecule has 0 bridgehead atoms. The first-order chi connectivity index (χ1) is 23.0. The molecule has 0 saturated heterocycles. The fourth-order valence-electron chi connectivity index (χ4n) is 4.59. The summed E-state index contributed by atoms with van der Waals surface area (Å²) in [5.41, 5.74) is 2.83. The first kappa shape index (κ1) is 36.0. The molecule has 2 amide bonds. The minimum atomic E-state index is -4.81. The molecule has 0 aliphatic carbocycles. The van der Waals surface area contributed by atoms with Crippen LogP contribution in [-0.2, 0) is 35.2 Å². The average Bonchev–Trinajstić information content (AvgIpc) is 3.46. The number of aliphatic hydroxyl groups excluding tert-OH is 1. The van der Waals surface area contributed by atoms with E-state index in [9.17, 15) is 27.9 Å². The van der Waals surface area contributed by atoms with Crippen LogP contribution in [0.15, 0.2) is 60.7 Å².